The van der Waals surface area contributed by atoms with Gasteiger partial charge in [0.2, 0.25) is 0 Å². The molecule has 0 unspecified atom stereocenters. The Morgan fingerprint density at radius 2 is 1.87 bits per heavy atom. The summed E-state index contributed by atoms with van der Waals surface area (Å²) >= 11 is 0. The van der Waals surface area contributed by atoms with Gasteiger partial charge in [0, 0.05) is 17.7 Å². The van der Waals surface area contributed by atoms with E-state index in [1.165, 1.54) is 26.4 Å². The van der Waals surface area contributed by atoms with Crippen LogP contribution < -0.4 is 9.47 Å². The first kappa shape index (κ1) is 16.0. The number of rotatable bonds is 5. The molecular weight excluding hydrogens is 296 g/mol. The molecule has 0 heterocycles. The number of nitrogens with zero attached hydrogens (tertiary/aromatic N) is 2. The topological polar surface area (TPSA) is 85.4 Å². The predicted molar refractivity (Wildman–Crippen MR) is 86.1 cm³/mol. The van der Waals surface area contributed by atoms with Crippen molar-refractivity contribution in [2.75, 3.05) is 14.2 Å². The average Bonchev–Trinajstić information content (AvgIpc) is 2.59. The summed E-state index contributed by atoms with van der Waals surface area (Å²) in [5.41, 5.74) is 1.61. The van der Waals surface area contributed by atoms with Gasteiger partial charge in [-0.15, -0.1) is 0 Å². The van der Waals surface area contributed by atoms with Gasteiger partial charge in [-0.2, -0.15) is 5.26 Å². The lowest BCUT2D eigenvalue weighted by Gasteiger charge is -2.10. The Labute approximate surface area is 133 Å². The van der Waals surface area contributed by atoms with Crippen molar-refractivity contribution in [1.29, 1.82) is 5.26 Å². The first-order valence-electron chi connectivity index (χ1n) is 6.68. The highest BCUT2D eigenvalue weighted by atomic mass is 16.6. The summed E-state index contributed by atoms with van der Waals surface area (Å²) in [6.45, 7) is 0. The lowest BCUT2D eigenvalue weighted by atomic mass is 10.0. The standard InChI is InChI=1S/C17H14N2O4/c1-22-16-5-3-4-13(17(16)23-2)10-14(11-18)12-6-8-15(9-7-12)19(20)21/h3-10H,1-2H3/b14-10+. The summed E-state index contributed by atoms with van der Waals surface area (Å²) in [4.78, 5) is 10.2. The van der Waals surface area contributed by atoms with Crippen LogP contribution in [0.2, 0.25) is 0 Å². The highest BCUT2D eigenvalue weighted by molar-refractivity contribution is 5.91. The predicted octanol–water partition coefficient (Wildman–Crippen LogP) is 3.68. The summed E-state index contributed by atoms with van der Waals surface area (Å²) in [6, 6.07) is 13.3. The molecule has 6 heteroatoms. The molecule has 0 saturated heterocycles. The summed E-state index contributed by atoms with van der Waals surface area (Å²) in [5, 5.41) is 20.1. The second-order valence-corrected chi connectivity index (χ2v) is 4.56. The van der Waals surface area contributed by atoms with Crippen LogP contribution in [-0.4, -0.2) is 19.1 Å². The SMILES string of the molecule is COc1cccc(/C=C(\C#N)c2ccc([N+](=O)[O-])cc2)c1OC. The van der Waals surface area contributed by atoms with Crippen molar-refractivity contribution >= 4 is 17.3 Å². The molecule has 0 atom stereocenters. The van der Waals surface area contributed by atoms with Gasteiger partial charge in [-0.1, -0.05) is 12.1 Å². The molecule has 0 saturated carbocycles. The molecule has 2 rings (SSSR count). The number of nitro benzene ring substituents is 1. The first-order valence-corrected chi connectivity index (χ1v) is 6.68. The minimum absolute atomic E-state index is 0.0231. The van der Waals surface area contributed by atoms with Gasteiger partial charge in [0.25, 0.3) is 5.69 Å². The van der Waals surface area contributed by atoms with Gasteiger partial charge in [-0.05, 0) is 29.8 Å². The molecule has 0 fully saturated rings. The van der Waals surface area contributed by atoms with Crippen LogP contribution in [0.3, 0.4) is 0 Å². The Morgan fingerprint density at radius 3 is 2.39 bits per heavy atom. The summed E-state index contributed by atoms with van der Waals surface area (Å²) in [7, 11) is 3.06. The maximum atomic E-state index is 10.7. The molecule has 0 spiro atoms. The van der Waals surface area contributed by atoms with Gasteiger partial charge in [0.05, 0.1) is 30.8 Å². The van der Waals surface area contributed by atoms with E-state index in [1.807, 2.05) is 0 Å². The molecule has 23 heavy (non-hydrogen) atoms. The van der Waals surface area contributed by atoms with Crippen LogP contribution in [0.4, 0.5) is 5.69 Å². The first-order chi connectivity index (χ1) is 11.1. The van der Waals surface area contributed by atoms with E-state index in [1.54, 1.807) is 36.4 Å². The fourth-order valence-corrected chi connectivity index (χ4v) is 2.12. The normalized spacial score (nSPS) is 10.7. The molecule has 0 aromatic heterocycles. The van der Waals surface area contributed by atoms with E-state index >= 15 is 0 Å². The van der Waals surface area contributed by atoms with Crippen molar-refractivity contribution in [3.63, 3.8) is 0 Å². The number of hydrogen-bond donors (Lipinski definition) is 0. The Kier molecular flexibility index (Phi) is 4.95. The third kappa shape index (κ3) is 3.47. The van der Waals surface area contributed by atoms with Crippen LogP contribution >= 0.6 is 0 Å². The number of hydrogen-bond acceptors (Lipinski definition) is 5. The molecule has 2 aromatic rings. The van der Waals surface area contributed by atoms with E-state index in [4.69, 9.17) is 9.47 Å². The molecular formula is C17H14N2O4. The van der Waals surface area contributed by atoms with Crippen molar-refractivity contribution in [2.45, 2.75) is 0 Å². The highest BCUT2D eigenvalue weighted by Crippen LogP contribution is 2.33. The second kappa shape index (κ2) is 7.09. The summed E-state index contributed by atoms with van der Waals surface area (Å²) < 4.78 is 10.6. The maximum absolute atomic E-state index is 10.7. The Balaban J connectivity index is 2.47. The smallest absolute Gasteiger partial charge is 0.269 e. The van der Waals surface area contributed by atoms with E-state index in [-0.39, 0.29) is 5.69 Å². The van der Waals surface area contributed by atoms with E-state index < -0.39 is 4.92 Å². The van der Waals surface area contributed by atoms with Crippen LogP contribution in [0.5, 0.6) is 11.5 Å². The van der Waals surface area contributed by atoms with Crippen LogP contribution in [0.25, 0.3) is 11.6 Å². The fraction of sp³-hybridized carbons (Fsp3) is 0.118. The third-order valence-electron chi connectivity index (χ3n) is 3.24. The number of nitriles is 1. The lowest BCUT2D eigenvalue weighted by molar-refractivity contribution is -0.384. The van der Waals surface area contributed by atoms with Crippen molar-refractivity contribution in [1.82, 2.24) is 0 Å². The quantitative estimate of drug-likeness (QED) is 0.364. The number of para-hydroxylation sites is 1. The molecule has 2 aromatic carbocycles. The van der Waals surface area contributed by atoms with E-state index in [9.17, 15) is 15.4 Å². The van der Waals surface area contributed by atoms with Gasteiger partial charge in [0.1, 0.15) is 0 Å². The summed E-state index contributed by atoms with van der Waals surface area (Å²) in [5.74, 6) is 1.08. The number of nitro groups is 1. The number of non-ortho nitro benzene ring substituents is 1. The largest absolute Gasteiger partial charge is 0.493 e. The molecule has 0 bridgehead atoms. The number of methoxy groups -OCH3 is 2. The molecule has 0 aliphatic rings. The number of benzene rings is 2. The maximum Gasteiger partial charge on any atom is 0.269 e. The van der Waals surface area contributed by atoms with Crippen LogP contribution in [0.1, 0.15) is 11.1 Å². The van der Waals surface area contributed by atoms with E-state index in [2.05, 4.69) is 6.07 Å². The Morgan fingerprint density at radius 1 is 1.17 bits per heavy atom. The van der Waals surface area contributed by atoms with Crippen LogP contribution in [-0.2, 0) is 0 Å². The van der Waals surface area contributed by atoms with E-state index in [0.29, 0.717) is 28.2 Å². The lowest BCUT2D eigenvalue weighted by Crippen LogP contribution is -1.93. The third-order valence-corrected chi connectivity index (χ3v) is 3.24. The fourth-order valence-electron chi connectivity index (χ4n) is 2.12. The van der Waals surface area contributed by atoms with Crippen molar-refractivity contribution in [3.05, 3.63) is 63.7 Å². The molecule has 6 nitrogen and oxygen atoms in total. The van der Waals surface area contributed by atoms with Crippen molar-refractivity contribution < 1.29 is 14.4 Å². The van der Waals surface area contributed by atoms with Crippen LogP contribution in [0.15, 0.2) is 42.5 Å². The van der Waals surface area contributed by atoms with Crippen LogP contribution in [0, 0.1) is 21.4 Å². The summed E-state index contributed by atoms with van der Waals surface area (Å²) in [6.07, 6.45) is 1.66. The minimum Gasteiger partial charge on any atom is -0.493 e. The zero-order valence-electron chi connectivity index (χ0n) is 12.6. The number of allylic oxidation sites excluding steroid dienone is 1. The van der Waals surface area contributed by atoms with Gasteiger partial charge < -0.3 is 9.47 Å². The highest BCUT2D eigenvalue weighted by Gasteiger charge is 2.11. The molecule has 0 radical (unpaired) electrons. The molecule has 0 aliphatic carbocycles. The average molecular weight is 310 g/mol. The Hall–Kier alpha value is -3.33. The molecule has 116 valence electrons. The van der Waals surface area contributed by atoms with Gasteiger partial charge >= 0.3 is 0 Å². The van der Waals surface area contributed by atoms with Gasteiger partial charge in [-0.25, -0.2) is 0 Å². The zero-order valence-corrected chi connectivity index (χ0v) is 12.6. The van der Waals surface area contributed by atoms with Crippen molar-refractivity contribution in [3.8, 4) is 17.6 Å². The van der Waals surface area contributed by atoms with Crippen molar-refractivity contribution in [2.24, 2.45) is 0 Å². The molecule has 0 N–H and O–H groups in total. The number of ether oxygens (including phenoxy) is 2. The molecule has 0 amide bonds. The Bertz CT molecular complexity index is 789. The van der Waals surface area contributed by atoms with Gasteiger partial charge in [0.15, 0.2) is 11.5 Å². The second-order valence-electron chi connectivity index (χ2n) is 4.56. The molecule has 0 aliphatic heterocycles. The van der Waals surface area contributed by atoms with E-state index in [0.717, 1.165) is 0 Å². The van der Waals surface area contributed by atoms with Gasteiger partial charge in [-0.3, -0.25) is 10.1 Å². The monoisotopic (exact) mass is 310 g/mol. The minimum atomic E-state index is -0.482. The zero-order chi connectivity index (χ0) is 16.8.